The Balaban J connectivity index is 1.94. The molecule has 0 N–H and O–H groups in total. The maximum absolute atomic E-state index is 12.6. The first-order valence-corrected chi connectivity index (χ1v) is 7.79. The van der Waals surface area contributed by atoms with Gasteiger partial charge in [-0.1, -0.05) is 18.2 Å². The van der Waals surface area contributed by atoms with Crippen LogP contribution in [0.15, 0.2) is 30.3 Å². The van der Waals surface area contributed by atoms with Gasteiger partial charge in [0, 0.05) is 31.1 Å². The monoisotopic (exact) mass is 312 g/mol. The standard InChI is InChI=1S/C18H20N2O3/c1-11(17(21)20(2)3)23-18(22)14-10-16(12-8-9-12)19-15-7-5-4-6-13(14)15/h4-7,10-12H,8-9H2,1-3H3/t11-/m0/s1. The quantitative estimate of drug-likeness (QED) is 0.815. The molecule has 1 aromatic carbocycles. The molecule has 5 nitrogen and oxygen atoms in total. The van der Waals surface area contributed by atoms with Crippen molar-refractivity contribution in [3.8, 4) is 0 Å². The topological polar surface area (TPSA) is 59.5 Å². The molecule has 1 saturated carbocycles. The van der Waals surface area contributed by atoms with Gasteiger partial charge in [-0.2, -0.15) is 0 Å². The Morgan fingerprint density at radius 3 is 2.61 bits per heavy atom. The number of carbonyl (C=O) groups is 2. The molecule has 0 spiro atoms. The molecule has 1 fully saturated rings. The highest BCUT2D eigenvalue weighted by Crippen LogP contribution is 2.40. The zero-order valence-corrected chi connectivity index (χ0v) is 13.6. The van der Waals surface area contributed by atoms with Gasteiger partial charge in [-0.25, -0.2) is 4.79 Å². The lowest BCUT2D eigenvalue weighted by atomic mass is 10.1. The summed E-state index contributed by atoms with van der Waals surface area (Å²) in [7, 11) is 3.28. The molecule has 2 aromatic rings. The molecule has 0 saturated heterocycles. The molecule has 1 amide bonds. The number of pyridine rings is 1. The van der Waals surface area contributed by atoms with E-state index in [0.29, 0.717) is 11.5 Å². The summed E-state index contributed by atoms with van der Waals surface area (Å²) in [5, 5.41) is 0.756. The molecular weight excluding hydrogens is 292 g/mol. The van der Waals surface area contributed by atoms with E-state index in [0.717, 1.165) is 29.4 Å². The van der Waals surface area contributed by atoms with Crippen LogP contribution in [-0.4, -0.2) is 42.0 Å². The minimum Gasteiger partial charge on any atom is -0.449 e. The maximum Gasteiger partial charge on any atom is 0.339 e. The molecule has 0 unspecified atom stereocenters. The molecule has 1 aliphatic rings. The molecular formula is C18H20N2O3. The molecule has 23 heavy (non-hydrogen) atoms. The lowest BCUT2D eigenvalue weighted by Gasteiger charge is -2.18. The molecule has 1 heterocycles. The number of hydrogen-bond donors (Lipinski definition) is 0. The molecule has 120 valence electrons. The second kappa shape index (κ2) is 5.99. The number of amides is 1. The molecule has 1 aromatic heterocycles. The SMILES string of the molecule is C[C@H](OC(=O)c1cc(C2CC2)nc2ccccc12)C(=O)N(C)C. The van der Waals surface area contributed by atoms with Crippen molar-refractivity contribution < 1.29 is 14.3 Å². The van der Waals surface area contributed by atoms with Crippen molar-refractivity contribution in [2.75, 3.05) is 14.1 Å². The van der Waals surface area contributed by atoms with Crippen LogP contribution >= 0.6 is 0 Å². The van der Waals surface area contributed by atoms with Gasteiger partial charge in [0.1, 0.15) is 0 Å². The average Bonchev–Trinajstić information content (AvgIpc) is 3.37. The van der Waals surface area contributed by atoms with E-state index in [1.807, 2.05) is 30.3 Å². The van der Waals surface area contributed by atoms with Crippen LogP contribution in [0.4, 0.5) is 0 Å². The van der Waals surface area contributed by atoms with Crippen molar-refractivity contribution in [3.05, 3.63) is 41.6 Å². The van der Waals surface area contributed by atoms with E-state index in [1.54, 1.807) is 21.0 Å². The number of nitrogens with zero attached hydrogens (tertiary/aromatic N) is 2. The number of fused-ring (bicyclic) bond motifs is 1. The minimum atomic E-state index is -0.811. The van der Waals surface area contributed by atoms with Gasteiger partial charge in [0.25, 0.3) is 5.91 Å². The predicted molar refractivity (Wildman–Crippen MR) is 87.3 cm³/mol. The van der Waals surface area contributed by atoms with E-state index in [9.17, 15) is 9.59 Å². The van der Waals surface area contributed by atoms with Gasteiger partial charge in [-0.15, -0.1) is 0 Å². The van der Waals surface area contributed by atoms with E-state index < -0.39 is 12.1 Å². The second-order valence-electron chi connectivity index (χ2n) is 6.17. The summed E-state index contributed by atoms with van der Waals surface area (Å²) in [6, 6.07) is 9.33. The van der Waals surface area contributed by atoms with Crippen LogP contribution in [0.2, 0.25) is 0 Å². The second-order valence-corrected chi connectivity index (χ2v) is 6.17. The number of likely N-dealkylation sites (N-methyl/N-ethyl adjacent to an activating group) is 1. The van der Waals surface area contributed by atoms with Gasteiger partial charge in [-0.3, -0.25) is 9.78 Å². The number of carbonyl (C=O) groups excluding carboxylic acids is 2. The summed E-state index contributed by atoms with van der Waals surface area (Å²) in [6.07, 6.45) is 1.40. The summed E-state index contributed by atoms with van der Waals surface area (Å²) in [4.78, 5) is 30.5. The Hall–Kier alpha value is -2.43. The van der Waals surface area contributed by atoms with Crippen LogP contribution in [0.5, 0.6) is 0 Å². The highest BCUT2D eigenvalue weighted by molar-refractivity contribution is 6.04. The highest BCUT2D eigenvalue weighted by atomic mass is 16.5. The highest BCUT2D eigenvalue weighted by Gasteiger charge is 2.28. The number of para-hydroxylation sites is 1. The lowest BCUT2D eigenvalue weighted by molar-refractivity contribution is -0.137. The fourth-order valence-corrected chi connectivity index (χ4v) is 2.59. The smallest absolute Gasteiger partial charge is 0.339 e. The van der Waals surface area contributed by atoms with Gasteiger partial charge >= 0.3 is 5.97 Å². The Morgan fingerprint density at radius 1 is 1.26 bits per heavy atom. The first-order chi connectivity index (χ1) is 11.0. The third-order valence-electron chi connectivity index (χ3n) is 4.02. The fraction of sp³-hybridized carbons (Fsp3) is 0.389. The molecule has 1 aliphatic carbocycles. The largest absolute Gasteiger partial charge is 0.449 e. The first kappa shape index (κ1) is 15.5. The van der Waals surface area contributed by atoms with Crippen molar-refractivity contribution in [3.63, 3.8) is 0 Å². The van der Waals surface area contributed by atoms with Gasteiger partial charge in [0.05, 0.1) is 11.1 Å². The van der Waals surface area contributed by atoms with Crippen molar-refractivity contribution in [1.82, 2.24) is 9.88 Å². The molecule has 0 radical (unpaired) electrons. The van der Waals surface area contributed by atoms with Crippen LogP contribution in [0.3, 0.4) is 0 Å². The number of rotatable bonds is 4. The Kier molecular flexibility index (Phi) is 4.03. The van der Waals surface area contributed by atoms with E-state index >= 15 is 0 Å². The van der Waals surface area contributed by atoms with Crippen molar-refractivity contribution in [1.29, 1.82) is 0 Å². The lowest BCUT2D eigenvalue weighted by Crippen LogP contribution is -2.35. The van der Waals surface area contributed by atoms with Gasteiger partial charge in [0.2, 0.25) is 0 Å². The first-order valence-electron chi connectivity index (χ1n) is 7.79. The van der Waals surface area contributed by atoms with E-state index in [2.05, 4.69) is 4.98 Å². The third kappa shape index (κ3) is 3.18. The molecule has 0 bridgehead atoms. The van der Waals surface area contributed by atoms with Crippen LogP contribution in [0.1, 0.15) is 41.7 Å². The predicted octanol–water partition coefficient (Wildman–Crippen LogP) is 2.75. The molecule has 5 heteroatoms. The summed E-state index contributed by atoms with van der Waals surface area (Å²) < 4.78 is 5.36. The Labute approximate surface area is 135 Å². The summed E-state index contributed by atoms with van der Waals surface area (Å²) in [5.74, 6) is -0.278. The van der Waals surface area contributed by atoms with Crippen LogP contribution in [0, 0.1) is 0 Å². The number of esters is 1. The fourth-order valence-electron chi connectivity index (χ4n) is 2.59. The normalized spacial score (nSPS) is 15.3. The number of aromatic nitrogens is 1. The molecule has 1 atom stereocenters. The van der Waals surface area contributed by atoms with Gasteiger partial charge in [0.15, 0.2) is 6.10 Å². The maximum atomic E-state index is 12.6. The van der Waals surface area contributed by atoms with Crippen LogP contribution in [-0.2, 0) is 9.53 Å². The summed E-state index contributed by atoms with van der Waals surface area (Å²) in [5.41, 5.74) is 2.20. The Bertz CT molecular complexity index is 766. The minimum absolute atomic E-state index is 0.237. The summed E-state index contributed by atoms with van der Waals surface area (Å²) in [6.45, 7) is 1.59. The van der Waals surface area contributed by atoms with E-state index in [-0.39, 0.29) is 5.91 Å². The number of hydrogen-bond acceptors (Lipinski definition) is 4. The van der Waals surface area contributed by atoms with E-state index in [1.165, 1.54) is 4.90 Å². The number of ether oxygens (including phenoxy) is 1. The van der Waals surface area contributed by atoms with E-state index in [4.69, 9.17) is 4.74 Å². The van der Waals surface area contributed by atoms with Gasteiger partial charge in [-0.05, 0) is 31.9 Å². The third-order valence-corrected chi connectivity index (χ3v) is 4.02. The van der Waals surface area contributed by atoms with Crippen molar-refractivity contribution >= 4 is 22.8 Å². The average molecular weight is 312 g/mol. The zero-order valence-electron chi connectivity index (χ0n) is 13.6. The van der Waals surface area contributed by atoms with Crippen LogP contribution in [0.25, 0.3) is 10.9 Å². The van der Waals surface area contributed by atoms with Crippen molar-refractivity contribution in [2.24, 2.45) is 0 Å². The molecule has 0 aliphatic heterocycles. The zero-order chi connectivity index (χ0) is 16.6. The van der Waals surface area contributed by atoms with Gasteiger partial charge < -0.3 is 9.64 Å². The Morgan fingerprint density at radius 2 is 1.96 bits per heavy atom. The van der Waals surface area contributed by atoms with Crippen LogP contribution < -0.4 is 0 Å². The summed E-state index contributed by atoms with van der Waals surface area (Å²) >= 11 is 0. The number of benzene rings is 1. The van der Waals surface area contributed by atoms with Crippen molar-refractivity contribution in [2.45, 2.75) is 31.8 Å². The molecule has 3 rings (SSSR count).